The van der Waals surface area contributed by atoms with Gasteiger partial charge in [0.05, 0.1) is 0 Å². The Hall–Kier alpha value is -0.335. The fraction of sp³-hybridized carbons (Fsp3) is 0.615. The predicted molar refractivity (Wildman–Crippen MR) is 66.5 cm³/mol. The number of H-pyrrole nitrogens is 1. The molecule has 3 bridgehead atoms. The van der Waals surface area contributed by atoms with Crippen molar-refractivity contribution in [3.63, 3.8) is 0 Å². The summed E-state index contributed by atoms with van der Waals surface area (Å²) in [7, 11) is -0.160. The van der Waals surface area contributed by atoms with E-state index in [4.69, 9.17) is 14.3 Å². The maximum atomic E-state index is 6.52. The van der Waals surface area contributed by atoms with Crippen molar-refractivity contribution in [1.82, 2.24) is 4.98 Å². The average Bonchev–Trinajstić information content (AvgIpc) is 2.72. The van der Waals surface area contributed by atoms with E-state index in [0.717, 1.165) is 20.8 Å². The van der Waals surface area contributed by atoms with E-state index in [-0.39, 0.29) is 12.7 Å². The first-order valence-corrected chi connectivity index (χ1v) is 9.71. The predicted octanol–water partition coefficient (Wildman–Crippen LogP) is -3.21. The summed E-state index contributed by atoms with van der Waals surface area (Å²) in [5.74, 6) is 1.32. The number of aromatic amines is 1. The molecule has 2 saturated carbocycles. The van der Waals surface area contributed by atoms with Crippen LogP contribution >= 0.6 is 0 Å². The Kier molecular flexibility index (Phi) is 1.62. The van der Waals surface area contributed by atoms with Crippen molar-refractivity contribution in [1.29, 1.82) is 0 Å². The molecule has 98 valence electrons. The van der Waals surface area contributed by atoms with Gasteiger partial charge in [-0.2, -0.15) is 0 Å². The van der Waals surface area contributed by atoms with Gasteiger partial charge in [-0.3, -0.25) is 0 Å². The molecule has 5 aliphatic rings. The number of aliphatic imine (C=N–C) groups is 1. The van der Waals surface area contributed by atoms with E-state index in [9.17, 15) is 0 Å². The van der Waals surface area contributed by atoms with Gasteiger partial charge in [-0.25, -0.2) is 0 Å². The molecule has 1 aromatic heterocycles. The van der Waals surface area contributed by atoms with Gasteiger partial charge in [0, 0.05) is 0 Å². The first kappa shape index (κ1) is 10.4. The molecule has 1 aromatic rings. The molecule has 0 amide bonds. The van der Waals surface area contributed by atoms with Crippen molar-refractivity contribution < 1.29 is 30.5 Å². The van der Waals surface area contributed by atoms with Gasteiger partial charge in [0.25, 0.3) is 0 Å². The number of fused-ring (bicyclic) bond motifs is 4. The SMILES string of the molecule is CC1=N[C@@H]2[C@@H]3OB(O[C@]45C([I-]C[C@@H]24)[C@H]35)c2cc[nH]c21. The molecule has 0 aromatic carbocycles. The Morgan fingerprint density at radius 2 is 2.53 bits per heavy atom. The molecule has 6 rings (SSSR count). The zero-order chi connectivity index (χ0) is 12.4. The van der Waals surface area contributed by atoms with Crippen molar-refractivity contribution in [3.05, 3.63) is 18.0 Å². The molecule has 4 nitrogen and oxygen atoms in total. The van der Waals surface area contributed by atoms with E-state index >= 15 is 0 Å². The third kappa shape index (κ3) is 0.947. The van der Waals surface area contributed by atoms with E-state index < -0.39 is 0 Å². The van der Waals surface area contributed by atoms with Gasteiger partial charge < -0.3 is 0 Å². The average molecular weight is 367 g/mol. The van der Waals surface area contributed by atoms with Crippen molar-refractivity contribution in [2.24, 2.45) is 16.8 Å². The second-order valence-electron chi connectivity index (χ2n) is 6.26. The van der Waals surface area contributed by atoms with Gasteiger partial charge in [0.1, 0.15) is 0 Å². The number of nitrogens with zero attached hydrogens (tertiary/aromatic N) is 1. The second-order valence-corrected chi connectivity index (χ2v) is 9.36. The van der Waals surface area contributed by atoms with E-state index in [1.54, 1.807) is 0 Å². The van der Waals surface area contributed by atoms with Crippen LogP contribution in [-0.4, -0.2) is 43.9 Å². The third-order valence-corrected chi connectivity index (χ3v) is 9.75. The fourth-order valence-electron chi connectivity index (χ4n) is 4.80. The van der Waals surface area contributed by atoms with Crippen LogP contribution in [0.3, 0.4) is 0 Å². The molecule has 0 radical (unpaired) electrons. The maximum absolute atomic E-state index is 6.52. The van der Waals surface area contributed by atoms with Crippen molar-refractivity contribution in [2.45, 2.75) is 28.6 Å². The van der Waals surface area contributed by atoms with Gasteiger partial charge >= 0.3 is 122 Å². The van der Waals surface area contributed by atoms with E-state index in [1.807, 2.05) is 6.20 Å². The van der Waals surface area contributed by atoms with Gasteiger partial charge in [0.2, 0.25) is 0 Å². The van der Waals surface area contributed by atoms with Crippen molar-refractivity contribution in [2.75, 3.05) is 4.43 Å². The van der Waals surface area contributed by atoms with Crippen LogP contribution in [0.1, 0.15) is 12.6 Å². The molecular formula is C13H13BIN2O2-. The number of hydrogen-bond donors (Lipinski definition) is 1. The second kappa shape index (κ2) is 2.97. The monoisotopic (exact) mass is 367 g/mol. The van der Waals surface area contributed by atoms with Crippen LogP contribution in [0, 0.1) is 11.8 Å². The molecule has 4 heterocycles. The number of aromatic nitrogens is 1. The Balaban J connectivity index is 1.63. The van der Waals surface area contributed by atoms with Gasteiger partial charge in [0.15, 0.2) is 0 Å². The zero-order valence-corrected chi connectivity index (χ0v) is 12.6. The van der Waals surface area contributed by atoms with Crippen LogP contribution < -0.4 is 26.7 Å². The molecule has 4 fully saturated rings. The first-order chi connectivity index (χ1) is 9.30. The number of nitrogens with one attached hydrogen (secondary N) is 1. The summed E-state index contributed by atoms with van der Waals surface area (Å²) in [4.78, 5) is 8.34. The summed E-state index contributed by atoms with van der Waals surface area (Å²) in [6.45, 7) is 2.12. The summed E-state index contributed by atoms with van der Waals surface area (Å²) in [5, 5.41) is 0. The van der Waals surface area contributed by atoms with Crippen molar-refractivity contribution in [3.8, 4) is 0 Å². The van der Waals surface area contributed by atoms with E-state index in [0.29, 0.717) is 45.2 Å². The summed E-state index contributed by atoms with van der Waals surface area (Å²) < 4.78 is 15.1. The Morgan fingerprint density at radius 1 is 1.58 bits per heavy atom. The van der Waals surface area contributed by atoms with E-state index in [2.05, 4.69) is 18.0 Å². The van der Waals surface area contributed by atoms with Crippen LogP contribution in [0.5, 0.6) is 0 Å². The standard InChI is InChI=1S/C13H13BIN2O2/c1-5-9-7(2-3-16-9)14-18-11-8-12-13(8,19-14)6(4-15-12)10(11)17-5/h2-3,6,8,10-12,16H,4H2,1H3/q-1/t6-,8-,10-,11+,12?,13+/m0/s1. The summed E-state index contributed by atoms with van der Waals surface area (Å²) in [6.07, 6.45) is 2.30. The molecule has 2 aliphatic carbocycles. The van der Waals surface area contributed by atoms with Gasteiger partial charge in [-0.15, -0.1) is 0 Å². The van der Waals surface area contributed by atoms with Crippen LogP contribution in [0.2, 0.25) is 0 Å². The van der Waals surface area contributed by atoms with Gasteiger partial charge in [-0.1, -0.05) is 0 Å². The topological polar surface area (TPSA) is 46.6 Å². The molecule has 19 heavy (non-hydrogen) atoms. The van der Waals surface area contributed by atoms with Crippen LogP contribution in [0.25, 0.3) is 0 Å². The zero-order valence-electron chi connectivity index (χ0n) is 10.5. The Morgan fingerprint density at radius 3 is 3.47 bits per heavy atom. The Labute approximate surface area is 121 Å². The third-order valence-electron chi connectivity index (χ3n) is 5.59. The Bertz CT molecular complexity index is 646. The summed E-state index contributed by atoms with van der Waals surface area (Å²) in [6, 6.07) is 2.44. The molecule has 1 spiro atoms. The quantitative estimate of drug-likeness (QED) is 0.298. The number of hydrogen-bond acceptors (Lipinski definition) is 3. The van der Waals surface area contributed by atoms with E-state index in [1.165, 1.54) is 4.43 Å². The minimum atomic E-state index is -0.160. The number of alkyl halides is 2. The summed E-state index contributed by atoms with van der Waals surface area (Å²) >= 11 is 0.305. The normalized spacial score (nSPS) is 51.9. The molecule has 1 N–H and O–H groups in total. The molecule has 6 heteroatoms. The molecule has 3 aliphatic heterocycles. The first-order valence-electron chi connectivity index (χ1n) is 6.94. The molecule has 2 saturated heterocycles. The van der Waals surface area contributed by atoms with Crippen LogP contribution in [-0.2, 0) is 9.31 Å². The minimum absolute atomic E-state index is 0.160. The number of rotatable bonds is 0. The molecule has 6 atom stereocenters. The fourth-order valence-corrected chi connectivity index (χ4v) is 10.1. The number of halogens is 1. The van der Waals surface area contributed by atoms with Crippen LogP contribution in [0.15, 0.2) is 17.3 Å². The summed E-state index contributed by atoms with van der Waals surface area (Å²) in [5.41, 5.74) is 3.56. The van der Waals surface area contributed by atoms with Crippen LogP contribution in [0.4, 0.5) is 0 Å². The van der Waals surface area contributed by atoms with Crippen molar-refractivity contribution >= 4 is 18.3 Å². The van der Waals surface area contributed by atoms with Gasteiger partial charge in [-0.05, 0) is 0 Å². The molecular weight excluding hydrogens is 354 g/mol. The molecule has 1 unspecified atom stereocenters.